The number of nitrogens with one attached hydrogen (secondary N) is 1. The summed E-state index contributed by atoms with van der Waals surface area (Å²) in [7, 11) is 0. The van der Waals surface area contributed by atoms with Gasteiger partial charge in [-0.2, -0.15) is 0 Å². The topological polar surface area (TPSA) is 66.1 Å². The van der Waals surface area contributed by atoms with Crippen molar-refractivity contribution in [3.05, 3.63) is 34.4 Å². The maximum Gasteiger partial charge on any atom is 0.259 e. The van der Waals surface area contributed by atoms with Crippen molar-refractivity contribution in [2.75, 3.05) is 13.1 Å². The molecule has 5 nitrogen and oxygen atoms in total. The number of likely N-dealkylation sites (tertiary alicyclic amines) is 1. The highest BCUT2D eigenvalue weighted by atomic mass is 32.2. The Balaban J connectivity index is 1.83. The van der Waals surface area contributed by atoms with Crippen LogP contribution < -0.4 is 5.56 Å². The summed E-state index contributed by atoms with van der Waals surface area (Å²) in [6, 6.07) is 3.90. The third-order valence-corrected chi connectivity index (χ3v) is 4.67. The molecule has 1 amide bonds. The molecule has 0 saturated carbocycles. The van der Waals surface area contributed by atoms with Crippen molar-refractivity contribution < 1.29 is 9.18 Å². The largest absolute Gasteiger partial charge is 0.342 e. The number of aromatic amines is 1. The summed E-state index contributed by atoms with van der Waals surface area (Å²) in [6.07, 6.45) is 2.08. The van der Waals surface area contributed by atoms with Gasteiger partial charge in [-0.05, 0) is 38.0 Å². The van der Waals surface area contributed by atoms with Crippen molar-refractivity contribution in [2.24, 2.45) is 0 Å². The summed E-state index contributed by atoms with van der Waals surface area (Å²) >= 11 is 1.22. The molecule has 1 aliphatic heterocycles. The van der Waals surface area contributed by atoms with Crippen molar-refractivity contribution in [2.45, 2.75) is 30.2 Å². The van der Waals surface area contributed by atoms with Crippen LogP contribution >= 0.6 is 11.8 Å². The zero-order valence-electron chi connectivity index (χ0n) is 12.1. The average Bonchev–Trinajstić information content (AvgIpc) is 3.01. The first-order chi connectivity index (χ1) is 10.5. The van der Waals surface area contributed by atoms with Crippen molar-refractivity contribution in [3.8, 4) is 0 Å². The normalized spacial score (nSPS) is 16.2. The number of nitrogens with zero attached hydrogens (tertiary/aromatic N) is 2. The number of thioether (sulfide) groups is 1. The Bertz CT molecular complexity index is 771. The van der Waals surface area contributed by atoms with Gasteiger partial charge >= 0.3 is 0 Å². The van der Waals surface area contributed by atoms with E-state index in [4.69, 9.17) is 0 Å². The minimum atomic E-state index is -0.474. The molecule has 2 heterocycles. The molecule has 0 bridgehead atoms. The third-order valence-electron chi connectivity index (χ3n) is 3.70. The van der Waals surface area contributed by atoms with Crippen LogP contribution in [0.3, 0.4) is 0 Å². The number of hydrogen-bond acceptors (Lipinski definition) is 4. The Morgan fingerprint density at radius 2 is 2.14 bits per heavy atom. The minimum Gasteiger partial charge on any atom is -0.342 e. The van der Waals surface area contributed by atoms with E-state index in [1.54, 1.807) is 6.92 Å². The summed E-state index contributed by atoms with van der Waals surface area (Å²) in [5, 5.41) is 0.270. The lowest BCUT2D eigenvalue weighted by molar-refractivity contribution is -0.129. The minimum absolute atomic E-state index is 0.0596. The van der Waals surface area contributed by atoms with E-state index in [0.717, 1.165) is 32.0 Å². The average molecular weight is 321 g/mol. The quantitative estimate of drug-likeness (QED) is 0.695. The molecular formula is C15H16FN3O2S. The van der Waals surface area contributed by atoms with Crippen molar-refractivity contribution in [1.82, 2.24) is 14.9 Å². The van der Waals surface area contributed by atoms with Gasteiger partial charge < -0.3 is 9.88 Å². The van der Waals surface area contributed by atoms with Crippen molar-refractivity contribution in [1.29, 1.82) is 0 Å². The molecule has 1 atom stereocenters. The second-order valence-electron chi connectivity index (χ2n) is 5.33. The van der Waals surface area contributed by atoms with Gasteiger partial charge in [0, 0.05) is 13.1 Å². The van der Waals surface area contributed by atoms with Gasteiger partial charge in [0.1, 0.15) is 5.82 Å². The van der Waals surface area contributed by atoms with Crippen LogP contribution in [0.1, 0.15) is 19.8 Å². The highest BCUT2D eigenvalue weighted by Gasteiger charge is 2.24. The molecule has 1 fully saturated rings. The fraction of sp³-hybridized carbons (Fsp3) is 0.400. The number of rotatable bonds is 3. The van der Waals surface area contributed by atoms with E-state index in [1.165, 1.54) is 23.9 Å². The molecular weight excluding hydrogens is 305 g/mol. The van der Waals surface area contributed by atoms with Crippen LogP contribution in [0.15, 0.2) is 28.2 Å². The van der Waals surface area contributed by atoms with E-state index < -0.39 is 11.4 Å². The number of amides is 1. The number of hydrogen-bond donors (Lipinski definition) is 1. The molecule has 7 heteroatoms. The summed E-state index contributed by atoms with van der Waals surface area (Å²) in [6.45, 7) is 3.40. The highest BCUT2D eigenvalue weighted by Crippen LogP contribution is 2.23. The maximum atomic E-state index is 13.2. The van der Waals surface area contributed by atoms with Gasteiger partial charge in [-0.1, -0.05) is 11.8 Å². The van der Waals surface area contributed by atoms with Gasteiger partial charge in [0.25, 0.3) is 5.56 Å². The molecule has 1 aromatic carbocycles. The van der Waals surface area contributed by atoms with Crippen LogP contribution in [-0.2, 0) is 4.79 Å². The van der Waals surface area contributed by atoms with Gasteiger partial charge in [0.2, 0.25) is 5.91 Å². The number of aromatic nitrogens is 2. The molecule has 3 rings (SSSR count). The fourth-order valence-corrected chi connectivity index (χ4v) is 3.45. The van der Waals surface area contributed by atoms with Gasteiger partial charge in [-0.3, -0.25) is 9.59 Å². The van der Waals surface area contributed by atoms with E-state index in [1.807, 2.05) is 4.90 Å². The number of fused-ring (bicyclic) bond motifs is 1. The standard InChI is InChI=1S/C15H16FN3O2S/c1-9(14(21)19-6-2-3-7-19)22-15-17-12-5-4-10(16)8-11(12)13(20)18-15/h4-5,8-9H,2-3,6-7H2,1H3,(H,17,18,20)/t9-/m1/s1. The van der Waals surface area contributed by atoms with Crippen molar-refractivity contribution in [3.63, 3.8) is 0 Å². The zero-order valence-corrected chi connectivity index (χ0v) is 13.0. The second-order valence-corrected chi connectivity index (χ2v) is 6.65. The van der Waals surface area contributed by atoms with E-state index in [9.17, 15) is 14.0 Å². The van der Waals surface area contributed by atoms with Gasteiger partial charge in [-0.25, -0.2) is 9.37 Å². The lowest BCUT2D eigenvalue weighted by atomic mass is 10.2. The summed E-state index contributed by atoms with van der Waals surface area (Å²) in [4.78, 5) is 33.0. The van der Waals surface area contributed by atoms with Gasteiger partial charge in [-0.15, -0.1) is 0 Å². The maximum absolute atomic E-state index is 13.2. The lowest BCUT2D eigenvalue weighted by Gasteiger charge is -2.19. The van der Waals surface area contributed by atoms with Crippen LogP contribution in [0.4, 0.5) is 4.39 Å². The Morgan fingerprint density at radius 3 is 2.86 bits per heavy atom. The summed E-state index contributed by atoms with van der Waals surface area (Å²) < 4.78 is 13.2. The predicted molar refractivity (Wildman–Crippen MR) is 83.5 cm³/mol. The molecule has 1 aliphatic rings. The Hall–Kier alpha value is -1.89. The van der Waals surface area contributed by atoms with E-state index >= 15 is 0 Å². The number of carbonyl (C=O) groups excluding carboxylic acids is 1. The molecule has 22 heavy (non-hydrogen) atoms. The van der Waals surface area contributed by atoms with E-state index in [0.29, 0.717) is 10.7 Å². The first kappa shape index (κ1) is 15.0. The zero-order chi connectivity index (χ0) is 15.7. The number of halogens is 1. The fourth-order valence-electron chi connectivity index (χ4n) is 2.56. The number of H-pyrrole nitrogens is 1. The molecule has 0 radical (unpaired) electrons. The first-order valence-corrected chi connectivity index (χ1v) is 8.07. The SMILES string of the molecule is C[C@@H](Sc1nc2ccc(F)cc2c(=O)[nH]1)C(=O)N1CCCC1. The van der Waals surface area contributed by atoms with Gasteiger partial charge in [0.15, 0.2) is 5.16 Å². The first-order valence-electron chi connectivity index (χ1n) is 7.19. The molecule has 0 spiro atoms. The molecule has 0 aliphatic carbocycles. The van der Waals surface area contributed by atoms with Crippen LogP contribution in [-0.4, -0.2) is 39.1 Å². The predicted octanol–water partition coefficient (Wildman–Crippen LogP) is 2.17. The lowest BCUT2D eigenvalue weighted by Crippen LogP contribution is -2.34. The Kier molecular flexibility index (Phi) is 4.15. The second kappa shape index (κ2) is 6.08. The van der Waals surface area contributed by atoms with E-state index in [2.05, 4.69) is 9.97 Å². The number of carbonyl (C=O) groups is 1. The van der Waals surface area contributed by atoms with Crippen molar-refractivity contribution >= 4 is 28.6 Å². The highest BCUT2D eigenvalue weighted by molar-refractivity contribution is 8.00. The number of benzene rings is 1. The van der Waals surface area contributed by atoms with Crippen LogP contribution in [0.5, 0.6) is 0 Å². The monoisotopic (exact) mass is 321 g/mol. The molecule has 1 N–H and O–H groups in total. The smallest absolute Gasteiger partial charge is 0.259 e. The van der Waals surface area contributed by atoms with Crippen LogP contribution in [0, 0.1) is 5.82 Å². The van der Waals surface area contributed by atoms with Crippen LogP contribution in [0.25, 0.3) is 10.9 Å². The molecule has 1 saturated heterocycles. The summed E-state index contributed by atoms with van der Waals surface area (Å²) in [5.74, 6) is -0.415. The molecule has 116 valence electrons. The van der Waals surface area contributed by atoms with E-state index in [-0.39, 0.29) is 16.5 Å². The Morgan fingerprint density at radius 1 is 1.41 bits per heavy atom. The van der Waals surface area contributed by atoms with Crippen LogP contribution in [0.2, 0.25) is 0 Å². The Labute approximate surface area is 130 Å². The molecule has 0 unspecified atom stereocenters. The third kappa shape index (κ3) is 2.99. The molecule has 1 aromatic heterocycles. The van der Waals surface area contributed by atoms with Gasteiger partial charge in [0.05, 0.1) is 16.2 Å². The molecule has 2 aromatic rings. The summed E-state index contributed by atoms with van der Waals surface area (Å²) in [5.41, 5.74) is 0.0290.